The van der Waals surface area contributed by atoms with Crippen LogP contribution in [0, 0.1) is 0 Å². The van der Waals surface area contributed by atoms with Crippen molar-refractivity contribution < 1.29 is 14.9 Å². The zero-order valence-corrected chi connectivity index (χ0v) is 8.82. The highest BCUT2D eigenvalue weighted by molar-refractivity contribution is 5.90. The molecule has 2 heterocycles. The van der Waals surface area contributed by atoms with Gasteiger partial charge in [-0.1, -0.05) is 0 Å². The number of nitrogens with one attached hydrogen (secondary N) is 1. The normalized spacial score (nSPS) is 19.1. The van der Waals surface area contributed by atoms with E-state index in [1.165, 1.54) is 19.2 Å². The van der Waals surface area contributed by atoms with Gasteiger partial charge >= 0.3 is 5.90 Å². The van der Waals surface area contributed by atoms with Crippen LogP contribution in [0.3, 0.4) is 0 Å². The number of aliphatic hydroxyl groups is 1. The molecule has 0 bridgehead atoms. The summed E-state index contributed by atoms with van der Waals surface area (Å²) >= 11 is 0. The van der Waals surface area contributed by atoms with E-state index in [-0.39, 0.29) is 17.2 Å². The Morgan fingerprint density at radius 2 is 2.29 bits per heavy atom. The molecular formula is C9H9N4O4. The summed E-state index contributed by atoms with van der Waals surface area (Å²) in [7, 11) is 1.45. The molecular weight excluding hydrogens is 228 g/mol. The van der Waals surface area contributed by atoms with E-state index in [1.54, 1.807) is 0 Å². The first-order chi connectivity index (χ1) is 8.06. The van der Waals surface area contributed by atoms with Crippen LogP contribution in [0.25, 0.3) is 0 Å². The summed E-state index contributed by atoms with van der Waals surface area (Å²) in [4.78, 5) is 11.1. The molecule has 8 heteroatoms. The summed E-state index contributed by atoms with van der Waals surface area (Å²) in [6, 6.07) is 2.58. The second-order valence-electron chi connectivity index (χ2n) is 3.26. The van der Waals surface area contributed by atoms with Crippen LogP contribution in [0.4, 0.5) is 0 Å². The average Bonchev–Trinajstić information content (AvgIpc) is 2.29. The zero-order valence-electron chi connectivity index (χ0n) is 8.82. The molecule has 0 spiro atoms. The topological polar surface area (TPSA) is 109 Å². The Balaban J connectivity index is 2.23. The molecule has 2 rings (SSSR count). The predicted octanol–water partition coefficient (Wildman–Crippen LogP) is -1.29. The fraction of sp³-hybridized carbons (Fsp3) is 0.222. The lowest BCUT2D eigenvalue weighted by atomic mass is 10.4. The van der Waals surface area contributed by atoms with E-state index in [0.717, 1.165) is 10.8 Å². The molecule has 17 heavy (non-hydrogen) atoms. The lowest BCUT2D eigenvalue weighted by Crippen LogP contribution is -2.30. The maximum atomic E-state index is 11.3. The van der Waals surface area contributed by atoms with Crippen molar-refractivity contribution >= 4 is 5.90 Å². The number of aromatic nitrogens is 2. The Bertz CT molecular complexity index is 548. The van der Waals surface area contributed by atoms with Gasteiger partial charge in [-0.2, -0.15) is 0 Å². The Kier molecular flexibility index (Phi) is 2.79. The highest BCUT2D eigenvalue weighted by Gasteiger charge is 2.19. The smallest absolute Gasteiger partial charge is 0.328 e. The van der Waals surface area contributed by atoms with E-state index in [2.05, 4.69) is 15.6 Å². The Labute approximate surface area is 95.5 Å². The first-order valence-electron chi connectivity index (χ1n) is 4.69. The second-order valence-corrected chi connectivity index (χ2v) is 3.26. The van der Waals surface area contributed by atoms with Crippen LogP contribution in [0.1, 0.15) is 0 Å². The second kappa shape index (κ2) is 4.26. The van der Waals surface area contributed by atoms with E-state index in [0.29, 0.717) is 0 Å². The van der Waals surface area contributed by atoms with Gasteiger partial charge in [-0.05, 0) is 0 Å². The summed E-state index contributed by atoms with van der Waals surface area (Å²) in [6.07, 6.45) is 0.0671. The van der Waals surface area contributed by atoms with Gasteiger partial charge in [-0.3, -0.25) is 15.3 Å². The predicted molar refractivity (Wildman–Crippen MR) is 55.5 cm³/mol. The molecule has 0 saturated carbocycles. The van der Waals surface area contributed by atoms with Crippen LogP contribution in [0.2, 0.25) is 0 Å². The lowest BCUT2D eigenvalue weighted by molar-refractivity contribution is 0.174. The fourth-order valence-electron chi connectivity index (χ4n) is 1.16. The molecule has 1 atom stereocenters. The first-order valence-corrected chi connectivity index (χ1v) is 4.69. The molecule has 89 valence electrons. The van der Waals surface area contributed by atoms with Crippen molar-refractivity contribution in [2.75, 3.05) is 0 Å². The number of rotatable bonds is 2. The van der Waals surface area contributed by atoms with Crippen molar-refractivity contribution in [2.24, 2.45) is 12.1 Å². The summed E-state index contributed by atoms with van der Waals surface area (Å²) in [5.74, 6) is -0.746. The number of hydrogen-bond acceptors (Lipinski definition) is 6. The minimum atomic E-state index is -1.09. The van der Waals surface area contributed by atoms with Gasteiger partial charge in [0.2, 0.25) is 5.88 Å². The molecule has 0 amide bonds. The Morgan fingerprint density at radius 1 is 1.53 bits per heavy atom. The van der Waals surface area contributed by atoms with Crippen molar-refractivity contribution in [3.05, 3.63) is 34.3 Å². The molecule has 0 saturated heterocycles. The molecule has 1 aromatic heterocycles. The summed E-state index contributed by atoms with van der Waals surface area (Å²) in [5, 5.41) is 27.5. The molecule has 0 fully saturated rings. The highest BCUT2D eigenvalue weighted by atomic mass is 16.5. The third-order valence-electron chi connectivity index (χ3n) is 1.97. The Morgan fingerprint density at radius 3 is 3.00 bits per heavy atom. The van der Waals surface area contributed by atoms with E-state index in [9.17, 15) is 15.0 Å². The Hall–Kier alpha value is -2.35. The molecule has 1 aliphatic rings. The van der Waals surface area contributed by atoms with Crippen LogP contribution >= 0.6 is 0 Å². The van der Waals surface area contributed by atoms with Gasteiger partial charge in [-0.15, -0.1) is 10.2 Å². The molecule has 1 unspecified atom stereocenters. The quantitative estimate of drug-likeness (QED) is 0.665. The van der Waals surface area contributed by atoms with Gasteiger partial charge < -0.3 is 9.84 Å². The highest BCUT2D eigenvalue weighted by Crippen LogP contribution is 2.11. The zero-order chi connectivity index (χ0) is 12.4. The summed E-state index contributed by atoms with van der Waals surface area (Å²) < 4.78 is 6.19. The van der Waals surface area contributed by atoms with Gasteiger partial charge in [0.15, 0.2) is 12.0 Å². The van der Waals surface area contributed by atoms with Gasteiger partial charge in [-0.25, -0.2) is 4.68 Å². The van der Waals surface area contributed by atoms with E-state index < -0.39 is 12.1 Å². The monoisotopic (exact) mass is 237 g/mol. The number of aliphatic hydroxyl groups excluding tert-OH is 1. The van der Waals surface area contributed by atoms with Crippen molar-refractivity contribution in [3.8, 4) is 5.88 Å². The molecule has 8 nitrogen and oxygen atoms in total. The van der Waals surface area contributed by atoms with Gasteiger partial charge in [0, 0.05) is 25.3 Å². The number of ether oxygens (including phenoxy) is 1. The van der Waals surface area contributed by atoms with Crippen molar-refractivity contribution in [1.82, 2.24) is 15.2 Å². The first kappa shape index (κ1) is 11.1. The van der Waals surface area contributed by atoms with Crippen molar-refractivity contribution in [3.63, 3.8) is 0 Å². The number of hydrazone groups is 1. The molecule has 0 aromatic carbocycles. The largest absolute Gasteiger partial charge is 0.432 e. The summed E-state index contributed by atoms with van der Waals surface area (Å²) in [6.45, 7) is 0. The van der Waals surface area contributed by atoms with Crippen LogP contribution in [-0.4, -0.2) is 27.0 Å². The minimum absolute atomic E-state index is 0.0657. The van der Waals surface area contributed by atoms with Crippen LogP contribution < -0.4 is 15.7 Å². The van der Waals surface area contributed by atoms with Gasteiger partial charge in [0.05, 0.1) is 0 Å². The van der Waals surface area contributed by atoms with Crippen LogP contribution in [0.5, 0.6) is 5.88 Å². The van der Waals surface area contributed by atoms with E-state index in [4.69, 9.17) is 4.74 Å². The van der Waals surface area contributed by atoms with E-state index in [1.807, 2.05) is 0 Å². The average molecular weight is 237 g/mol. The van der Waals surface area contributed by atoms with E-state index >= 15 is 0 Å². The standard InChI is InChI=1S/C9H9N4O4/c1-13-8(15)3-2-7(12-13)17-5-4-6(14)10-11-9(5)16/h2-4,6,10,14H,1H3. The fourth-order valence-corrected chi connectivity index (χ4v) is 1.16. The maximum absolute atomic E-state index is 11.3. The van der Waals surface area contributed by atoms with Crippen molar-refractivity contribution in [2.45, 2.75) is 6.23 Å². The summed E-state index contributed by atoms with van der Waals surface area (Å²) in [5.41, 5.74) is 1.87. The van der Waals surface area contributed by atoms with Crippen LogP contribution in [0.15, 0.2) is 33.9 Å². The van der Waals surface area contributed by atoms with Crippen molar-refractivity contribution in [1.29, 1.82) is 0 Å². The SMILES string of the molecule is Cn1nc(OC2=CC(O)NN=C2[O])ccc1=O. The number of nitrogens with zero attached hydrogens (tertiary/aromatic N) is 3. The molecule has 1 aliphatic heterocycles. The lowest BCUT2D eigenvalue weighted by Gasteiger charge is -2.14. The molecule has 1 radical (unpaired) electrons. The van der Waals surface area contributed by atoms with Crippen LogP contribution in [-0.2, 0) is 12.2 Å². The molecule has 0 aliphatic carbocycles. The number of aryl methyl sites for hydroxylation is 1. The number of hydrogen-bond donors (Lipinski definition) is 2. The molecule has 2 N–H and O–H groups in total. The minimum Gasteiger partial charge on any atom is -0.432 e. The maximum Gasteiger partial charge on any atom is 0.328 e. The third-order valence-corrected chi connectivity index (χ3v) is 1.97. The molecule has 1 aromatic rings. The third kappa shape index (κ3) is 2.42. The van der Waals surface area contributed by atoms with Gasteiger partial charge in [0.1, 0.15) is 0 Å². The van der Waals surface area contributed by atoms with Gasteiger partial charge in [0.25, 0.3) is 5.56 Å².